The van der Waals surface area contributed by atoms with Crippen molar-refractivity contribution in [3.05, 3.63) is 88.4 Å². The van der Waals surface area contributed by atoms with Crippen LogP contribution in [0.4, 0.5) is 0 Å². The maximum absolute atomic E-state index is 12.7. The molecular weight excluding hydrogens is 446 g/mol. The van der Waals surface area contributed by atoms with Crippen molar-refractivity contribution in [3.63, 3.8) is 0 Å². The zero-order chi connectivity index (χ0) is 21.8. The molecule has 1 aliphatic rings. The molecule has 0 bridgehead atoms. The molecule has 0 saturated carbocycles. The number of aromatic nitrogens is 2. The van der Waals surface area contributed by atoms with E-state index < -0.39 is 6.10 Å². The molecule has 7 nitrogen and oxygen atoms in total. The van der Waals surface area contributed by atoms with Crippen LogP contribution in [-0.2, 0) is 4.79 Å². The van der Waals surface area contributed by atoms with E-state index in [-0.39, 0.29) is 24.3 Å². The second-order valence-electron chi connectivity index (χ2n) is 6.99. The smallest absolute Gasteiger partial charge is 0.277 e. The summed E-state index contributed by atoms with van der Waals surface area (Å²) in [5, 5.41) is 13.5. The van der Waals surface area contributed by atoms with E-state index in [1.165, 1.54) is 11.8 Å². The number of hydrogen-bond donors (Lipinski definition) is 1. The van der Waals surface area contributed by atoms with Crippen LogP contribution in [0.15, 0.2) is 81.8 Å². The van der Waals surface area contributed by atoms with Gasteiger partial charge in [0, 0.05) is 4.88 Å². The Balaban J connectivity index is 1.20. The van der Waals surface area contributed by atoms with Gasteiger partial charge in [0.25, 0.3) is 11.1 Å². The Bertz CT molecular complexity index is 1180. The molecule has 1 aliphatic heterocycles. The molecule has 0 unspecified atom stereocenters. The Morgan fingerprint density at radius 2 is 1.88 bits per heavy atom. The highest BCUT2D eigenvalue weighted by atomic mass is 32.2. The first-order valence-electron chi connectivity index (χ1n) is 9.98. The van der Waals surface area contributed by atoms with E-state index in [2.05, 4.69) is 15.5 Å². The third kappa shape index (κ3) is 4.63. The van der Waals surface area contributed by atoms with Gasteiger partial charge in [-0.05, 0) is 29.1 Å². The maximum Gasteiger partial charge on any atom is 0.277 e. The minimum atomic E-state index is -0.484. The highest BCUT2D eigenvalue weighted by Crippen LogP contribution is 2.36. The van der Waals surface area contributed by atoms with E-state index in [0.29, 0.717) is 22.6 Å². The van der Waals surface area contributed by atoms with Crippen LogP contribution in [0.1, 0.15) is 28.5 Å². The van der Waals surface area contributed by atoms with Crippen LogP contribution in [0.5, 0.6) is 11.5 Å². The number of benzene rings is 2. The predicted molar refractivity (Wildman–Crippen MR) is 121 cm³/mol. The van der Waals surface area contributed by atoms with Gasteiger partial charge in [0.1, 0.15) is 6.61 Å². The fourth-order valence-electron chi connectivity index (χ4n) is 3.30. The Labute approximate surface area is 192 Å². The fraction of sp³-hybridized carbons (Fsp3) is 0.174. The van der Waals surface area contributed by atoms with Crippen molar-refractivity contribution in [1.29, 1.82) is 0 Å². The van der Waals surface area contributed by atoms with E-state index in [1.54, 1.807) is 11.3 Å². The largest absolute Gasteiger partial charge is 0.485 e. The lowest BCUT2D eigenvalue weighted by Crippen LogP contribution is -2.30. The van der Waals surface area contributed by atoms with E-state index in [0.717, 1.165) is 10.4 Å². The highest BCUT2D eigenvalue weighted by molar-refractivity contribution is 7.99. The molecule has 0 fully saturated rings. The second-order valence-corrected chi connectivity index (χ2v) is 8.89. The fourth-order valence-corrected chi connectivity index (χ4v) is 4.68. The van der Waals surface area contributed by atoms with Crippen molar-refractivity contribution in [1.82, 2.24) is 15.5 Å². The number of ether oxygens (including phenoxy) is 2. The topological polar surface area (TPSA) is 86.5 Å². The van der Waals surface area contributed by atoms with E-state index >= 15 is 0 Å². The van der Waals surface area contributed by atoms with Crippen molar-refractivity contribution in [2.75, 3.05) is 12.4 Å². The van der Waals surface area contributed by atoms with Crippen LogP contribution in [0, 0.1) is 0 Å². The summed E-state index contributed by atoms with van der Waals surface area (Å²) in [7, 11) is 0. The van der Waals surface area contributed by atoms with Gasteiger partial charge in [0.2, 0.25) is 12.0 Å². The van der Waals surface area contributed by atoms with Gasteiger partial charge in [-0.3, -0.25) is 4.79 Å². The number of rotatable bonds is 7. The van der Waals surface area contributed by atoms with Gasteiger partial charge < -0.3 is 19.2 Å². The average Bonchev–Trinajstić information content (AvgIpc) is 3.54. The van der Waals surface area contributed by atoms with Gasteiger partial charge in [-0.15, -0.1) is 21.5 Å². The van der Waals surface area contributed by atoms with Gasteiger partial charge in [-0.1, -0.05) is 60.3 Å². The first-order chi connectivity index (χ1) is 15.8. The number of thioether (sulfide) groups is 1. The quantitative estimate of drug-likeness (QED) is 0.398. The first-order valence-corrected chi connectivity index (χ1v) is 11.8. The number of carbonyl (C=O) groups excluding carboxylic acids is 1. The molecule has 1 N–H and O–H groups in total. The van der Waals surface area contributed by atoms with Crippen LogP contribution in [-0.4, -0.2) is 28.5 Å². The zero-order valence-electron chi connectivity index (χ0n) is 16.8. The van der Waals surface area contributed by atoms with Crippen molar-refractivity contribution in [2.45, 2.75) is 17.4 Å². The van der Waals surface area contributed by atoms with Crippen molar-refractivity contribution in [2.24, 2.45) is 0 Å². The van der Waals surface area contributed by atoms with Gasteiger partial charge in [-0.25, -0.2) is 0 Å². The van der Waals surface area contributed by atoms with Crippen LogP contribution >= 0.6 is 23.1 Å². The Morgan fingerprint density at radius 1 is 1.06 bits per heavy atom. The van der Waals surface area contributed by atoms with Crippen LogP contribution in [0.2, 0.25) is 0 Å². The maximum atomic E-state index is 12.7. The van der Waals surface area contributed by atoms with Gasteiger partial charge in [0.15, 0.2) is 11.5 Å². The lowest BCUT2D eigenvalue weighted by Gasteiger charge is -2.23. The number of hydrogen-bond acceptors (Lipinski definition) is 8. The molecular formula is C23H19N3O4S2. The third-order valence-electron chi connectivity index (χ3n) is 4.80. The lowest BCUT2D eigenvalue weighted by atomic mass is 10.1. The van der Waals surface area contributed by atoms with E-state index in [1.807, 2.05) is 72.1 Å². The van der Waals surface area contributed by atoms with E-state index in [4.69, 9.17) is 13.9 Å². The molecule has 0 spiro atoms. The molecule has 9 heteroatoms. The lowest BCUT2D eigenvalue weighted by molar-refractivity contribution is -0.119. The summed E-state index contributed by atoms with van der Waals surface area (Å²) < 4.78 is 17.3. The average molecular weight is 466 g/mol. The monoisotopic (exact) mass is 465 g/mol. The zero-order valence-corrected chi connectivity index (χ0v) is 18.5. The van der Waals surface area contributed by atoms with Crippen molar-refractivity contribution in [3.8, 4) is 11.5 Å². The van der Waals surface area contributed by atoms with E-state index in [9.17, 15) is 4.79 Å². The van der Waals surface area contributed by atoms with Gasteiger partial charge in [-0.2, -0.15) is 0 Å². The Kier molecular flexibility index (Phi) is 6.09. The number of nitrogens with zero attached hydrogens (tertiary/aromatic N) is 2. The summed E-state index contributed by atoms with van der Waals surface area (Å²) in [6.45, 7) is 0.281. The molecule has 0 saturated heterocycles. The summed E-state index contributed by atoms with van der Waals surface area (Å²) in [4.78, 5) is 13.8. The summed E-state index contributed by atoms with van der Waals surface area (Å²) in [5.74, 6) is 1.68. The molecule has 3 heterocycles. The number of para-hydroxylation sites is 2. The first kappa shape index (κ1) is 20.6. The molecule has 0 aliphatic carbocycles. The predicted octanol–water partition coefficient (Wildman–Crippen LogP) is 4.64. The molecule has 5 rings (SSSR count). The van der Waals surface area contributed by atoms with Crippen LogP contribution in [0.25, 0.3) is 0 Å². The molecule has 32 heavy (non-hydrogen) atoms. The molecule has 1 amide bonds. The third-order valence-corrected chi connectivity index (χ3v) is 6.55. The Hall–Kier alpha value is -3.30. The summed E-state index contributed by atoms with van der Waals surface area (Å²) >= 11 is 2.80. The normalized spacial score (nSPS) is 15.8. The second kappa shape index (κ2) is 9.46. The summed E-state index contributed by atoms with van der Waals surface area (Å²) in [6.07, 6.45) is -0.484. The molecule has 2 atom stereocenters. The summed E-state index contributed by atoms with van der Waals surface area (Å²) in [6, 6.07) is 21.1. The number of fused-ring (bicyclic) bond motifs is 1. The number of amides is 1. The van der Waals surface area contributed by atoms with Crippen LogP contribution < -0.4 is 14.8 Å². The SMILES string of the molecule is O=C(CSc1nnc([C@H]2COc3ccccc3O2)o1)N[C@H](c1ccccc1)c1cccs1. The van der Waals surface area contributed by atoms with Gasteiger partial charge in [0.05, 0.1) is 11.8 Å². The number of nitrogens with one attached hydrogen (secondary N) is 1. The van der Waals surface area contributed by atoms with Crippen LogP contribution in [0.3, 0.4) is 0 Å². The highest BCUT2D eigenvalue weighted by Gasteiger charge is 2.27. The number of thiophene rings is 1. The number of carbonyl (C=O) groups is 1. The summed E-state index contributed by atoms with van der Waals surface area (Å²) in [5.41, 5.74) is 1.03. The van der Waals surface area contributed by atoms with Crippen molar-refractivity contribution < 1.29 is 18.7 Å². The molecule has 4 aromatic rings. The Morgan fingerprint density at radius 3 is 2.69 bits per heavy atom. The molecule has 2 aromatic carbocycles. The molecule has 0 radical (unpaired) electrons. The molecule has 2 aromatic heterocycles. The minimum absolute atomic E-state index is 0.122. The van der Waals surface area contributed by atoms with Gasteiger partial charge >= 0.3 is 0 Å². The molecule has 162 valence electrons. The van der Waals surface area contributed by atoms with Crippen molar-refractivity contribution >= 4 is 29.0 Å². The standard InChI is InChI=1S/C23H19N3O4S2/c27-20(24-21(19-11-6-12-31-19)15-7-2-1-3-8-15)14-32-23-26-25-22(30-23)18-13-28-16-9-4-5-10-17(16)29-18/h1-12,18,21H,13-14H2,(H,24,27)/t18-,21-/m1/s1. The minimum Gasteiger partial charge on any atom is -0.485 e.